The summed E-state index contributed by atoms with van der Waals surface area (Å²) in [4.78, 5) is 13.4. The summed E-state index contributed by atoms with van der Waals surface area (Å²) in [5.41, 5.74) is 5.94. The molecule has 0 spiro atoms. The first-order chi connectivity index (χ1) is 18.8. The Hall–Kier alpha value is -4.71. The Bertz CT molecular complexity index is 1320. The summed E-state index contributed by atoms with van der Waals surface area (Å²) >= 11 is 0. The van der Waals surface area contributed by atoms with Gasteiger partial charge >= 0.3 is 18.0 Å². The third-order valence-corrected chi connectivity index (χ3v) is 5.57. The van der Waals surface area contributed by atoms with Crippen molar-refractivity contribution in [1.82, 2.24) is 15.0 Å². The van der Waals surface area contributed by atoms with Crippen molar-refractivity contribution in [3.8, 4) is 35.3 Å². The van der Waals surface area contributed by atoms with Crippen molar-refractivity contribution in [2.45, 2.75) is 40.0 Å². The number of rotatable bonds is 12. The highest BCUT2D eigenvalue weighted by Crippen LogP contribution is 2.32. The Balaban J connectivity index is 1.73. The fourth-order valence-electron chi connectivity index (χ4n) is 3.98. The van der Waals surface area contributed by atoms with Gasteiger partial charge in [0, 0.05) is 0 Å². The first kappa shape index (κ1) is 27.3. The Morgan fingerprint density at radius 2 is 0.744 bits per heavy atom. The summed E-state index contributed by atoms with van der Waals surface area (Å²) < 4.78 is 18.5. The van der Waals surface area contributed by atoms with Crippen molar-refractivity contribution >= 4 is 0 Å². The monoisotopic (exact) mass is 519 g/mol. The SMILES string of the molecule is C=C(C)Cc1ccccc1Oc1nc(Oc2ccccc2CC(=C)C)nc(Oc2ccccc2CC(=C)C)n1. The lowest BCUT2D eigenvalue weighted by molar-refractivity contribution is 0.359. The van der Waals surface area contributed by atoms with Crippen LogP contribution in [0.4, 0.5) is 0 Å². The normalized spacial score (nSPS) is 10.5. The van der Waals surface area contributed by atoms with Crippen molar-refractivity contribution in [3.05, 3.63) is 126 Å². The molecule has 0 radical (unpaired) electrons. The molecule has 1 heterocycles. The zero-order valence-corrected chi connectivity index (χ0v) is 22.7. The van der Waals surface area contributed by atoms with Crippen LogP contribution in [0.25, 0.3) is 0 Å². The minimum Gasteiger partial charge on any atom is -0.424 e. The summed E-state index contributed by atoms with van der Waals surface area (Å²) in [6.45, 7) is 18.0. The number of aromatic nitrogens is 3. The van der Waals surface area contributed by atoms with E-state index < -0.39 is 0 Å². The molecule has 0 N–H and O–H groups in total. The lowest BCUT2D eigenvalue weighted by Crippen LogP contribution is -2.04. The third kappa shape index (κ3) is 7.89. The molecule has 1 aromatic heterocycles. The molecule has 0 amide bonds. The van der Waals surface area contributed by atoms with Crippen molar-refractivity contribution in [2.24, 2.45) is 0 Å². The van der Waals surface area contributed by atoms with Crippen molar-refractivity contribution in [3.63, 3.8) is 0 Å². The van der Waals surface area contributed by atoms with Gasteiger partial charge in [-0.1, -0.05) is 91.1 Å². The molecule has 4 rings (SSSR count). The maximum Gasteiger partial charge on any atom is 0.331 e. The van der Waals surface area contributed by atoms with Crippen LogP contribution in [0, 0.1) is 0 Å². The molecule has 0 fully saturated rings. The molecule has 198 valence electrons. The van der Waals surface area contributed by atoms with Gasteiger partial charge in [0.25, 0.3) is 0 Å². The quantitative estimate of drug-likeness (QED) is 0.175. The maximum absolute atomic E-state index is 6.17. The Morgan fingerprint density at radius 1 is 0.487 bits per heavy atom. The van der Waals surface area contributed by atoms with E-state index in [-0.39, 0.29) is 18.0 Å². The van der Waals surface area contributed by atoms with Gasteiger partial charge in [-0.3, -0.25) is 0 Å². The highest BCUT2D eigenvalue weighted by Gasteiger charge is 2.16. The summed E-state index contributed by atoms with van der Waals surface area (Å²) in [5.74, 6) is 1.86. The van der Waals surface area contributed by atoms with Crippen molar-refractivity contribution in [2.75, 3.05) is 0 Å². The van der Waals surface area contributed by atoms with Gasteiger partial charge in [0.15, 0.2) is 0 Å². The number of benzene rings is 3. The van der Waals surface area contributed by atoms with Crippen LogP contribution in [0.2, 0.25) is 0 Å². The number of hydrogen-bond donors (Lipinski definition) is 0. The van der Waals surface area contributed by atoms with Crippen LogP contribution < -0.4 is 14.2 Å². The van der Waals surface area contributed by atoms with Gasteiger partial charge in [0.05, 0.1) is 0 Å². The molecule has 0 atom stereocenters. The van der Waals surface area contributed by atoms with E-state index in [0.717, 1.165) is 33.4 Å². The number of para-hydroxylation sites is 3. The van der Waals surface area contributed by atoms with Gasteiger partial charge in [-0.2, -0.15) is 0 Å². The van der Waals surface area contributed by atoms with E-state index in [9.17, 15) is 0 Å². The van der Waals surface area contributed by atoms with Gasteiger partial charge in [-0.25, -0.2) is 0 Å². The van der Waals surface area contributed by atoms with Gasteiger partial charge in [-0.05, 0) is 74.9 Å². The molecule has 0 bridgehead atoms. The predicted octanol–water partition coefficient (Wildman–Crippen LogP) is 8.60. The molecule has 0 unspecified atom stereocenters. The van der Waals surface area contributed by atoms with E-state index in [2.05, 4.69) is 34.7 Å². The average Bonchev–Trinajstić information content (AvgIpc) is 2.87. The largest absolute Gasteiger partial charge is 0.424 e. The molecule has 4 aromatic rings. The number of hydrogen-bond acceptors (Lipinski definition) is 6. The van der Waals surface area contributed by atoms with Crippen LogP contribution in [0.3, 0.4) is 0 Å². The second kappa shape index (κ2) is 12.7. The van der Waals surface area contributed by atoms with E-state index in [0.29, 0.717) is 36.5 Å². The topological polar surface area (TPSA) is 66.4 Å². The molecule has 0 aliphatic heterocycles. The van der Waals surface area contributed by atoms with Crippen LogP contribution in [0.5, 0.6) is 35.3 Å². The molecule has 6 heteroatoms. The molecule has 0 saturated heterocycles. The second-order valence-electron chi connectivity index (χ2n) is 9.71. The number of ether oxygens (including phenoxy) is 3. The van der Waals surface area contributed by atoms with E-state index in [1.165, 1.54) is 0 Å². The van der Waals surface area contributed by atoms with E-state index in [1.807, 2.05) is 93.6 Å². The van der Waals surface area contributed by atoms with Gasteiger partial charge < -0.3 is 14.2 Å². The minimum atomic E-state index is 0.0546. The van der Waals surface area contributed by atoms with Crippen LogP contribution in [-0.4, -0.2) is 15.0 Å². The van der Waals surface area contributed by atoms with Crippen LogP contribution in [0.15, 0.2) is 109 Å². The second-order valence-corrected chi connectivity index (χ2v) is 9.71. The average molecular weight is 520 g/mol. The van der Waals surface area contributed by atoms with E-state index in [4.69, 9.17) is 14.2 Å². The fraction of sp³-hybridized carbons (Fsp3) is 0.182. The first-order valence-corrected chi connectivity index (χ1v) is 12.7. The van der Waals surface area contributed by atoms with Gasteiger partial charge in [0.1, 0.15) is 17.2 Å². The summed E-state index contributed by atoms with van der Waals surface area (Å²) in [6.07, 6.45) is 1.99. The van der Waals surface area contributed by atoms with Crippen molar-refractivity contribution in [1.29, 1.82) is 0 Å². The molecule has 0 aliphatic rings. The highest BCUT2D eigenvalue weighted by atomic mass is 16.5. The standard InChI is InChI=1S/C33H33N3O3/c1-22(2)19-25-13-7-10-16-28(25)37-31-34-32(38-29-17-11-8-14-26(29)20-23(3)4)36-33(35-31)39-30-18-12-9-15-27(30)21-24(5)6/h7-18H,1,3,5,19-21H2,2,4,6H3. The molecular weight excluding hydrogens is 486 g/mol. The lowest BCUT2D eigenvalue weighted by atomic mass is 10.1. The van der Waals surface area contributed by atoms with Gasteiger partial charge in [-0.15, -0.1) is 15.0 Å². The Labute approximate surface area is 230 Å². The highest BCUT2D eigenvalue weighted by molar-refractivity contribution is 5.41. The molecule has 0 aliphatic carbocycles. The molecule has 39 heavy (non-hydrogen) atoms. The third-order valence-electron chi connectivity index (χ3n) is 5.57. The van der Waals surface area contributed by atoms with E-state index in [1.54, 1.807) is 0 Å². The minimum absolute atomic E-state index is 0.0546. The lowest BCUT2D eigenvalue weighted by Gasteiger charge is -2.14. The summed E-state index contributed by atoms with van der Waals surface area (Å²) in [7, 11) is 0. The Morgan fingerprint density at radius 3 is 1.00 bits per heavy atom. The molecule has 6 nitrogen and oxygen atoms in total. The zero-order chi connectivity index (χ0) is 27.8. The smallest absolute Gasteiger partial charge is 0.331 e. The Kier molecular flexibility index (Phi) is 8.90. The zero-order valence-electron chi connectivity index (χ0n) is 22.7. The maximum atomic E-state index is 6.17. The number of nitrogens with zero attached hydrogens (tertiary/aromatic N) is 3. The van der Waals surface area contributed by atoms with Gasteiger partial charge in [0.2, 0.25) is 0 Å². The van der Waals surface area contributed by atoms with Crippen molar-refractivity contribution < 1.29 is 14.2 Å². The number of allylic oxidation sites excluding steroid dienone is 3. The predicted molar refractivity (Wildman–Crippen MR) is 155 cm³/mol. The fourth-order valence-corrected chi connectivity index (χ4v) is 3.98. The van der Waals surface area contributed by atoms with Crippen LogP contribution in [0.1, 0.15) is 37.5 Å². The summed E-state index contributed by atoms with van der Waals surface area (Å²) in [5, 5.41) is 0. The van der Waals surface area contributed by atoms with Crippen LogP contribution >= 0.6 is 0 Å². The molecule has 3 aromatic carbocycles. The van der Waals surface area contributed by atoms with Crippen LogP contribution in [-0.2, 0) is 19.3 Å². The first-order valence-electron chi connectivity index (χ1n) is 12.7. The molecule has 0 saturated carbocycles. The molecular formula is C33H33N3O3. The van der Waals surface area contributed by atoms with E-state index >= 15 is 0 Å². The summed E-state index contributed by atoms with van der Waals surface area (Å²) in [6, 6.07) is 23.3.